The lowest BCUT2D eigenvalue weighted by Gasteiger charge is -2.19. The molecule has 0 saturated carbocycles. The SMILES string of the molecule is CC(NC(=O)CCC(F)(F)F)c1cnn2cc(CNC(=O)OC(C)(C)C)nc2c1. The van der Waals surface area contributed by atoms with E-state index >= 15 is 0 Å². The zero-order valence-corrected chi connectivity index (χ0v) is 16.6. The van der Waals surface area contributed by atoms with Crippen molar-refractivity contribution < 1.29 is 27.5 Å². The molecule has 0 aliphatic carbocycles. The minimum absolute atomic E-state index is 0.136. The Bertz CT molecular complexity index is 874. The lowest BCUT2D eigenvalue weighted by atomic mass is 10.1. The highest BCUT2D eigenvalue weighted by Gasteiger charge is 2.28. The first kappa shape index (κ1) is 22.4. The molecule has 1 unspecified atom stereocenters. The fourth-order valence-electron chi connectivity index (χ4n) is 2.39. The van der Waals surface area contributed by atoms with E-state index in [1.54, 1.807) is 40.0 Å². The van der Waals surface area contributed by atoms with Gasteiger partial charge >= 0.3 is 12.3 Å². The van der Waals surface area contributed by atoms with Crippen molar-refractivity contribution in [2.24, 2.45) is 0 Å². The zero-order valence-electron chi connectivity index (χ0n) is 16.6. The molecule has 8 nitrogen and oxygen atoms in total. The van der Waals surface area contributed by atoms with Crippen molar-refractivity contribution in [3.05, 3.63) is 29.7 Å². The molecule has 0 aromatic carbocycles. The molecule has 0 saturated heterocycles. The predicted octanol–water partition coefficient (Wildman–Crippen LogP) is 3.27. The molecule has 2 rings (SSSR count). The lowest BCUT2D eigenvalue weighted by molar-refractivity contribution is -0.144. The molecule has 0 aliphatic heterocycles. The van der Waals surface area contributed by atoms with Crippen LogP contribution in [0.4, 0.5) is 18.0 Å². The van der Waals surface area contributed by atoms with Gasteiger partial charge in [-0.3, -0.25) is 4.79 Å². The first-order valence-electron chi connectivity index (χ1n) is 8.99. The Morgan fingerprint density at radius 2 is 1.97 bits per heavy atom. The molecule has 2 N–H and O–H groups in total. The van der Waals surface area contributed by atoms with E-state index in [2.05, 4.69) is 20.7 Å². The molecule has 2 aromatic rings. The molecule has 1 atom stereocenters. The van der Waals surface area contributed by atoms with Crippen molar-refractivity contribution in [3.63, 3.8) is 0 Å². The number of rotatable bonds is 6. The zero-order chi connectivity index (χ0) is 21.8. The molecular formula is C18H24F3N5O3. The van der Waals surface area contributed by atoms with Crippen molar-refractivity contribution >= 4 is 17.6 Å². The number of nitrogens with zero attached hydrogens (tertiary/aromatic N) is 3. The molecule has 0 spiro atoms. The number of hydrogen-bond acceptors (Lipinski definition) is 5. The molecule has 2 amide bonds. The van der Waals surface area contributed by atoms with Gasteiger partial charge in [0, 0.05) is 6.42 Å². The number of imidazole rings is 1. The van der Waals surface area contributed by atoms with Gasteiger partial charge in [0.1, 0.15) is 5.60 Å². The third-order valence-electron chi connectivity index (χ3n) is 3.72. The maximum absolute atomic E-state index is 12.2. The van der Waals surface area contributed by atoms with Gasteiger partial charge < -0.3 is 15.4 Å². The second-order valence-corrected chi connectivity index (χ2v) is 7.58. The van der Waals surface area contributed by atoms with E-state index in [0.29, 0.717) is 16.9 Å². The molecule has 11 heteroatoms. The quantitative estimate of drug-likeness (QED) is 0.755. The smallest absolute Gasteiger partial charge is 0.407 e. The Kier molecular flexibility index (Phi) is 6.70. The fraction of sp³-hybridized carbons (Fsp3) is 0.556. The van der Waals surface area contributed by atoms with Gasteiger partial charge in [0.05, 0.1) is 37.1 Å². The summed E-state index contributed by atoms with van der Waals surface area (Å²) in [7, 11) is 0. The van der Waals surface area contributed by atoms with Gasteiger partial charge in [0.25, 0.3) is 0 Å². The Balaban J connectivity index is 1.97. The fourth-order valence-corrected chi connectivity index (χ4v) is 2.39. The minimum Gasteiger partial charge on any atom is -0.444 e. The molecule has 0 aliphatic rings. The average molecular weight is 415 g/mol. The van der Waals surface area contributed by atoms with Gasteiger partial charge in [-0.25, -0.2) is 14.3 Å². The van der Waals surface area contributed by atoms with Crippen molar-refractivity contribution in [3.8, 4) is 0 Å². The van der Waals surface area contributed by atoms with Crippen LogP contribution in [0.5, 0.6) is 0 Å². The minimum atomic E-state index is -4.37. The van der Waals surface area contributed by atoms with Crippen LogP contribution in [0.1, 0.15) is 57.8 Å². The molecule has 160 valence electrons. The van der Waals surface area contributed by atoms with Crippen LogP contribution in [-0.2, 0) is 16.1 Å². The Labute approximate surface area is 165 Å². The summed E-state index contributed by atoms with van der Waals surface area (Å²) in [4.78, 5) is 27.7. The van der Waals surface area contributed by atoms with Crippen LogP contribution in [0, 0.1) is 0 Å². The molecule has 29 heavy (non-hydrogen) atoms. The van der Waals surface area contributed by atoms with Gasteiger partial charge in [-0.05, 0) is 39.3 Å². The largest absolute Gasteiger partial charge is 0.444 e. The van der Waals surface area contributed by atoms with Crippen LogP contribution < -0.4 is 10.6 Å². The normalized spacial score (nSPS) is 13.2. The van der Waals surface area contributed by atoms with Crippen molar-refractivity contribution in [1.29, 1.82) is 0 Å². The summed E-state index contributed by atoms with van der Waals surface area (Å²) in [6.07, 6.45) is -3.62. The molecule has 0 radical (unpaired) electrons. The highest BCUT2D eigenvalue weighted by atomic mass is 19.4. The number of nitrogens with one attached hydrogen (secondary N) is 2. The molecule has 2 heterocycles. The van der Waals surface area contributed by atoms with E-state index < -0.39 is 42.7 Å². The topological polar surface area (TPSA) is 97.6 Å². The monoisotopic (exact) mass is 415 g/mol. The number of alkyl carbamates (subject to hydrolysis) is 1. The van der Waals surface area contributed by atoms with E-state index in [0.717, 1.165) is 0 Å². The van der Waals surface area contributed by atoms with Gasteiger partial charge in [-0.1, -0.05) is 0 Å². The summed E-state index contributed by atoms with van der Waals surface area (Å²) in [6, 6.07) is 1.13. The summed E-state index contributed by atoms with van der Waals surface area (Å²) >= 11 is 0. The summed E-state index contributed by atoms with van der Waals surface area (Å²) in [5.74, 6) is -0.694. The standard InChI is InChI=1S/C18H24F3N5O3/c1-11(24-15(27)5-6-18(19,20)21)12-7-14-25-13(10-26(14)23-8-12)9-22-16(28)29-17(2,3)4/h7-8,10-11H,5-6,9H2,1-4H3,(H,22,28)(H,24,27). The van der Waals surface area contributed by atoms with Crippen molar-refractivity contribution in [2.75, 3.05) is 0 Å². The second kappa shape index (κ2) is 8.66. The van der Waals surface area contributed by atoms with Gasteiger partial charge in [-0.15, -0.1) is 0 Å². The Hall–Kier alpha value is -2.85. The number of hydrogen-bond donors (Lipinski definition) is 2. The molecule has 2 aromatic heterocycles. The van der Waals surface area contributed by atoms with Crippen LogP contribution in [0.15, 0.2) is 18.5 Å². The first-order valence-corrected chi connectivity index (χ1v) is 8.99. The van der Waals surface area contributed by atoms with Crippen LogP contribution in [0.2, 0.25) is 0 Å². The van der Waals surface area contributed by atoms with Crippen LogP contribution in [0.25, 0.3) is 5.65 Å². The number of halogens is 3. The first-order chi connectivity index (χ1) is 13.3. The third-order valence-corrected chi connectivity index (χ3v) is 3.72. The summed E-state index contributed by atoms with van der Waals surface area (Å²) in [6.45, 7) is 7.05. The second-order valence-electron chi connectivity index (χ2n) is 7.58. The predicted molar refractivity (Wildman–Crippen MR) is 97.9 cm³/mol. The van der Waals surface area contributed by atoms with E-state index in [1.165, 1.54) is 10.7 Å². The number of carbonyl (C=O) groups excluding carboxylic acids is 2. The van der Waals surface area contributed by atoms with Gasteiger partial charge in [-0.2, -0.15) is 18.3 Å². The van der Waals surface area contributed by atoms with Crippen LogP contribution in [-0.4, -0.2) is 38.4 Å². The van der Waals surface area contributed by atoms with E-state index in [1.807, 2.05) is 0 Å². The van der Waals surface area contributed by atoms with E-state index in [9.17, 15) is 22.8 Å². The molecule has 0 bridgehead atoms. The lowest BCUT2D eigenvalue weighted by Crippen LogP contribution is -2.32. The van der Waals surface area contributed by atoms with E-state index in [4.69, 9.17) is 4.74 Å². The van der Waals surface area contributed by atoms with Gasteiger partial charge in [0.2, 0.25) is 5.91 Å². The van der Waals surface area contributed by atoms with Crippen molar-refractivity contribution in [1.82, 2.24) is 25.2 Å². The number of fused-ring (bicyclic) bond motifs is 1. The van der Waals surface area contributed by atoms with E-state index in [-0.39, 0.29) is 6.54 Å². The number of alkyl halides is 3. The maximum atomic E-state index is 12.2. The third kappa shape index (κ3) is 7.59. The van der Waals surface area contributed by atoms with Gasteiger partial charge in [0.15, 0.2) is 5.65 Å². The number of ether oxygens (including phenoxy) is 1. The highest BCUT2D eigenvalue weighted by molar-refractivity contribution is 5.76. The maximum Gasteiger partial charge on any atom is 0.407 e. The Morgan fingerprint density at radius 3 is 2.59 bits per heavy atom. The summed E-state index contributed by atoms with van der Waals surface area (Å²) in [5, 5.41) is 9.29. The number of aromatic nitrogens is 3. The highest BCUT2D eigenvalue weighted by Crippen LogP contribution is 2.21. The average Bonchev–Trinajstić information content (AvgIpc) is 2.98. The molecule has 0 fully saturated rings. The summed E-state index contributed by atoms with van der Waals surface area (Å²) < 4.78 is 43.3. The number of amides is 2. The summed E-state index contributed by atoms with van der Waals surface area (Å²) in [5.41, 5.74) is 0.998. The Morgan fingerprint density at radius 1 is 1.28 bits per heavy atom. The number of carbonyl (C=O) groups is 2. The van der Waals surface area contributed by atoms with Crippen LogP contribution >= 0.6 is 0 Å². The van der Waals surface area contributed by atoms with Crippen molar-refractivity contribution in [2.45, 2.75) is 64.9 Å². The van der Waals surface area contributed by atoms with Crippen LogP contribution in [0.3, 0.4) is 0 Å². The molecular weight excluding hydrogens is 391 g/mol.